The molecule has 0 aliphatic carbocycles. The van der Waals surface area contributed by atoms with Crippen LogP contribution in [0, 0.1) is 20.8 Å². The van der Waals surface area contributed by atoms with E-state index in [1.807, 2.05) is 39.0 Å². The van der Waals surface area contributed by atoms with Crippen LogP contribution in [0.3, 0.4) is 0 Å². The second-order valence-electron chi connectivity index (χ2n) is 4.01. The molecule has 2 aromatic rings. The minimum atomic E-state index is 0.798. The molecule has 1 aromatic heterocycles. The van der Waals surface area contributed by atoms with Gasteiger partial charge in [-0.2, -0.15) is 0 Å². The molecule has 0 amide bonds. The van der Waals surface area contributed by atoms with Crippen molar-refractivity contribution < 1.29 is 0 Å². The van der Waals surface area contributed by atoms with Crippen LogP contribution in [0.5, 0.6) is 0 Å². The summed E-state index contributed by atoms with van der Waals surface area (Å²) in [6, 6.07) is 5.91. The summed E-state index contributed by atoms with van der Waals surface area (Å²) in [5, 5.41) is 5.32. The first-order valence-corrected chi connectivity index (χ1v) is 6.69. The van der Waals surface area contributed by atoms with Gasteiger partial charge < -0.3 is 5.32 Å². The molecule has 1 aromatic carbocycles. The number of aryl methyl sites for hydroxylation is 2. The summed E-state index contributed by atoms with van der Waals surface area (Å²) < 4.78 is 0. The highest BCUT2D eigenvalue weighted by atomic mass is 35.5. The molecule has 17 heavy (non-hydrogen) atoms. The third-order valence-corrected chi connectivity index (χ3v) is 4.19. The van der Waals surface area contributed by atoms with Crippen LogP contribution in [0.15, 0.2) is 18.2 Å². The van der Waals surface area contributed by atoms with Gasteiger partial charge in [0.25, 0.3) is 0 Å². The number of hydrogen-bond donors (Lipinski definition) is 1. The Labute approximate surface area is 111 Å². The Morgan fingerprint density at radius 1 is 1.29 bits per heavy atom. The van der Waals surface area contributed by atoms with Gasteiger partial charge in [-0.15, -0.1) is 11.3 Å². The van der Waals surface area contributed by atoms with Crippen LogP contribution in [0.4, 0.5) is 5.69 Å². The molecule has 2 nitrogen and oxygen atoms in total. The first kappa shape index (κ1) is 12.4. The van der Waals surface area contributed by atoms with Gasteiger partial charge >= 0.3 is 0 Å². The summed E-state index contributed by atoms with van der Waals surface area (Å²) in [5.41, 5.74) is 3.29. The first-order valence-electron chi connectivity index (χ1n) is 5.50. The van der Waals surface area contributed by atoms with E-state index in [0.717, 1.165) is 33.5 Å². The van der Waals surface area contributed by atoms with Crippen LogP contribution < -0.4 is 5.32 Å². The number of anilines is 1. The van der Waals surface area contributed by atoms with Crippen LogP contribution in [0.2, 0.25) is 5.02 Å². The molecule has 0 aliphatic heterocycles. The summed E-state index contributed by atoms with van der Waals surface area (Å²) in [6.07, 6.45) is 0. The van der Waals surface area contributed by atoms with Crippen molar-refractivity contribution in [2.24, 2.45) is 0 Å². The Kier molecular flexibility index (Phi) is 3.69. The van der Waals surface area contributed by atoms with Crippen molar-refractivity contribution in [1.82, 2.24) is 4.98 Å². The smallest absolute Gasteiger partial charge is 0.0900 e. The number of nitrogens with one attached hydrogen (secondary N) is 1. The van der Waals surface area contributed by atoms with E-state index in [1.54, 1.807) is 11.3 Å². The molecule has 0 fully saturated rings. The Bertz CT molecular complexity index is 534. The first-order chi connectivity index (χ1) is 8.08. The number of aromatic nitrogens is 1. The molecule has 4 heteroatoms. The summed E-state index contributed by atoms with van der Waals surface area (Å²) in [6.45, 7) is 6.91. The summed E-state index contributed by atoms with van der Waals surface area (Å²) >= 11 is 7.82. The fraction of sp³-hybridized carbons (Fsp3) is 0.308. The number of benzene rings is 1. The molecule has 0 aliphatic rings. The molecule has 0 atom stereocenters. The summed E-state index contributed by atoms with van der Waals surface area (Å²) in [4.78, 5) is 5.70. The van der Waals surface area contributed by atoms with Gasteiger partial charge in [-0.1, -0.05) is 17.7 Å². The average molecular weight is 267 g/mol. The Balaban J connectivity index is 2.12. The largest absolute Gasteiger partial charge is 0.380 e. The van der Waals surface area contributed by atoms with Gasteiger partial charge in [-0.25, -0.2) is 4.98 Å². The zero-order valence-electron chi connectivity index (χ0n) is 10.2. The molecular formula is C13H15ClN2S. The third kappa shape index (κ3) is 2.79. The maximum absolute atomic E-state index is 6.08. The van der Waals surface area contributed by atoms with Crippen molar-refractivity contribution in [2.75, 3.05) is 5.32 Å². The van der Waals surface area contributed by atoms with Crippen LogP contribution in [-0.2, 0) is 6.54 Å². The van der Waals surface area contributed by atoms with Crippen LogP contribution in [0.1, 0.15) is 21.1 Å². The van der Waals surface area contributed by atoms with Crippen molar-refractivity contribution >= 4 is 28.6 Å². The minimum Gasteiger partial charge on any atom is -0.380 e. The number of halogens is 1. The average Bonchev–Trinajstić information content (AvgIpc) is 2.60. The molecule has 1 N–H and O–H groups in total. The fourth-order valence-electron chi connectivity index (χ4n) is 1.71. The normalized spacial score (nSPS) is 10.6. The molecular weight excluding hydrogens is 252 g/mol. The van der Waals surface area contributed by atoms with Crippen LogP contribution >= 0.6 is 22.9 Å². The summed E-state index contributed by atoms with van der Waals surface area (Å²) in [5.74, 6) is 0. The Hall–Kier alpha value is -1.06. The van der Waals surface area contributed by atoms with Crippen molar-refractivity contribution in [2.45, 2.75) is 27.3 Å². The highest BCUT2D eigenvalue weighted by Crippen LogP contribution is 2.24. The van der Waals surface area contributed by atoms with Crippen LogP contribution in [-0.4, -0.2) is 4.98 Å². The molecule has 2 rings (SSSR count). The lowest BCUT2D eigenvalue weighted by Gasteiger charge is -2.09. The van der Waals surface area contributed by atoms with E-state index >= 15 is 0 Å². The molecule has 0 spiro atoms. The Morgan fingerprint density at radius 3 is 2.71 bits per heavy atom. The number of hydrogen-bond acceptors (Lipinski definition) is 3. The molecule has 0 saturated carbocycles. The maximum atomic E-state index is 6.08. The van der Waals surface area contributed by atoms with Gasteiger partial charge in [-0.05, 0) is 38.5 Å². The second kappa shape index (κ2) is 5.07. The van der Waals surface area contributed by atoms with Crippen molar-refractivity contribution in [3.63, 3.8) is 0 Å². The van der Waals surface area contributed by atoms with E-state index in [-0.39, 0.29) is 0 Å². The van der Waals surface area contributed by atoms with E-state index in [4.69, 9.17) is 11.6 Å². The molecule has 0 radical (unpaired) electrons. The molecule has 0 saturated heterocycles. The monoisotopic (exact) mass is 266 g/mol. The standard InChI is InChI=1S/C13H15ClN2S/c1-8-11(14)5-4-6-12(8)15-7-13-9(2)16-10(3)17-13/h4-6,15H,7H2,1-3H3. The van der Waals surface area contributed by atoms with E-state index in [1.165, 1.54) is 4.88 Å². The number of rotatable bonds is 3. The molecule has 0 unspecified atom stereocenters. The number of nitrogens with zero attached hydrogens (tertiary/aromatic N) is 1. The highest BCUT2D eigenvalue weighted by Gasteiger charge is 2.06. The van der Waals surface area contributed by atoms with Gasteiger partial charge in [0.15, 0.2) is 0 Å². The van der Waals surface area contributed by atoms with Gasteiger partial charge in [0, 0.05) is 15.6 Å². The SMILES string of the molecule is Cc1nc(C)c(CNc2cccc(Cl)c2C)s1. The zero-order chi connectivity index (χ0) is 12.4. The Morgan fingerprint density at radius 2 is 2.06 bits per heavy atom. The summed E-state index contributed by atoms with van der Waals surface area (Å²) in [7, 11) is 0. The lowest BCUT2D eigenvalue weighted by atomic mass is 10.2. The minimum absolute atomic E-state index is 0.798. The lowest BCUT2D eigenvalue weighted by molar-refractivity contribution is 1.10. The van der Waals surface area contributed by atoms with E-state index in [2.05, 4.69) is 10.3 Å². The van der Waals surface area contributed by atoms with Gasteiger partial charge in [-0.3, -0.25) is 0 Å². The molecule has 0 bridgehead atoms. The van der Waals surface area contributed by atoms with Crippen molar-refractivity contribution in [3.8, 4) is 0 Å². The van der Waals surface area contributed by atoms with Crippen LogP contribution in [0.25, 0.3) is 0 Å². The third-order valence-electron chi connectivity index (χ3n) is 2.71. The molecule has 90 valence electrons. The fourth-order valence-corrected chi connectivity index (χ4v) is 2.76. The second-order valence-corrected chi connectivity index (χ2v) is 5.70. The zero-order valence-corrected chi connectivity index (χ0v) is 11.7. The van der Waals surface area contributed by atoms with E-state index in [0.29, 0.717) is 0 Å². The van der Waals surface area contributed by atoms with Gasteiger partial charge in [0.2, 0.25) is 0 Å². The van der Waals surface area contributed by atoms with Crippen molar-refractivity contribution in [1.29, 1.82) is 0 Å². The molecule has 1 heterocycles. The van der Waals surface area contributed by atoms with Crippen molar-refractivity contribution in [3.05, 3.63) is 44.4 Å². The van der Waals surface area contributed by atoms with E-state index < -0.39 is 0 Å². The van der Waals surface area contributed by atoms with Gasteiger partial charge in [0.05, 0.1) is 17.2 Å². The predicted octanol–water partition coefficient (Wildman–Crippen LogP) is 4.33. The topological polar surface area (TPSA) is 24.9 Å². The maximum Gasteiger partial charge on any atom is 0.0900 e. The predicted molar refractivity (Wildman–Crippen MR) is 75.1 cm³/mol. The number of thiazole rings is 1. The van der Waals surface area contributed by atoms with E-state index in [9.17, 15) is 0 Å². The lowest BCUT2D eigenvalue weighted by Crippen LogP contribution is -2.00. The van der Waals surface area contributed by atoms with Gasteiger partial charge in [0.1, 0.15) is 0 Å². The quantitative estimate of drug-likeness (QED) is 0.894. The highest BCUT2D eigenvalue weighted by molar-refractivity contribution is 7.11.